The molecule has 0 heterocycles. The number of urea groups is 1. The molecule has 7 heteroatoms. The third kappa shape index (κ3) is 5.78. The predicted molar refractivity (Wildman–Crippen MR) is 74.3 cm³/mol. The first-order valence-electron chi connectivity index (χ1n) is 6.39. The molecule has 0 radical (unpaired) electrons. The number of aliphatic carboxylic acids is 1. The molecule has 0 aliphatic rings. The molecule has 1 aromatic carbocycles. The van der Waals surface area contributed by atoms with Gasteiger partial charge in [0.05, 0.1) is 6.61 Å². The molecule has 0 saturated carbocycles. The second kappa shape index (κ2) is 8.21. The van der Waals surface area contributed by atoms with E-state index in [1.165, 1.54) is 36.1 Å². The van der Waals surface area contributed by atoms with Crippen LogP contribution in [0.1, 0.15) is 5.56 Å². The van der Waals surface area contributed by atoms with Gasteiger partial charge in [-0.1, -0.05) is 12.1 Å². The molecule has 0 aliphatic heterocycles. The Morgan fingerprint density at radius 1 is 1.38 bits per heavy atom. The summed E-state index contributed by atoms with van der Waals surface area (Å²) in [6.07, 6.45) is 0. The van der Waals surface area contributed by atoms with Crippen LogP contribution in [0.15, 0.2) is 24.3 Å². The Balaban J connectivity index is 2.70. The third-order valence-corrected chi connectivity index (χ3v) is 2.80. The van der Waals surface area contributed by atoms with Gasteiger partial charge in [0.15, 0.2) is 0 Å². The maximum Gasteiger partial charge on any atom is 0.323 e. The van der Waals surface area contributed by atoms with E-state index in [0.717, 1.165) is 0 Å². The van der Waals surface area contributed by atoms with Crippen molar-refractivity contribution in [3.8, 4) is 0 Å². The fraction of sp³-hybridized carbons (Fsp3) is 0.429. The lowest BCUT2D eigenvalue weighted by Gasteiger charge is -2.26. The van der Waals surface area contributed by atoms with Crippen molar-refractivity contribution in [2.75, 3.05) is 33.9 Å². The molecule has 1 aromatic rings. The summed E-state index contributed by atoms with van der Waals surface area (Å²) in [6.45, 7) is 0.206. The van der Waals surface area contributed by atoms with Crippen LogP contribution in [0, 0.1) is 5.82 Å². The number of carbonyl (C=O) groups is 2. The Morgan fingerprint density at radius 2 is 2.10 bits per heavy atom. The van der Waals surface area contributed by atoms with E-state index in [-0.39, 0.29) is 25.5 Å². The third-order valence-electron chi connectivity index (χ3n) is 2.80. The molecule has 116 valence electrons. The van der Waals surface area contributed by atoms with E-state index in [0.29, 0.717) is 5.56 Å². The molecule has 0 aliphatic carbocycles. The highest BCUT2D eigenvalue weighted by molar-refractivity contribution is 5.80. The molecule has 21 heavy (non-hydrogen) atoms. The standard InChI is InChI=1S/C14H19FN2O4/c1-16(9-11-4-3-5-12(15)8-11)14(20)17(6-7-21-2)10-13(18)19/h3-5,8H,6-7,9-10H2,1-2H3,(H,18,19). The Labute approximate surface area is 122 Å². The van der Waals surface area contributed by atoms with Crippen LogP contribution in [-0.4, -0.2) is 60.8 Å². The van der Waals surface area contributed by atoms with E-state index < -0.39 is 18.5 Å². The number of rotatable bonds is 7. The number of nitrogens with zero attached hydrogens (tertiary/aromatic N) is 2. The monoisotopic (exact) mass is 298 g/mol. The molecule has 0 bridgehead atoms. The number of amides is 2. The molecule has 0 aromatic heterocycles. The van der Waals surface area contributed by atoms with Crippen LogP contribution in [0.5, 0.6) is 0 Å². The number of ether oxygens (including phenoxy) is 1. The fourth-order valence-electron chi connectivity index (χ4n) is 1.83. The van der Waals surface area contributed by atoms with Gasteiger partial charge < -0.3 is 19.6 Å². The zero-order chi connectivity index (χ0) is 15.8. The molecule has 1 N–H and O–H groups in total. The van der Waals surface area contributed by atoms with Crippen molar-refractivity contribution in [1.29, 1.82) is 0 Å². The number of hydrogen-bond acceptors (Lipinski definition) is 3. The fourth-order valence-corrected chi connectivity index (χ4v) is 1.83. The molecule has 0 saturated heterocycles. The van der Waals surface area contributed by atoms with Gasteiger partial charge in [-0.05, 0) is 17.7 Å². The van der Waals surface area contributed by atoms with Gasteiger partial charge in [-0.15, -0.1) is 0 Å². The smallest absolute Gasteiger partial charge is 0.323 e. The lowest BCUT2D eigenvalue weighted by atomic mass is 10.2. The summed E-state index contributed by atoms with van der Waals surface area (Å²) in [4.78, 5) is 25.5. The first-order valence-corrected chi connectivity index (χ1v) is 6.39. The summed E-state index contributed by atoms with van der Waals surface area (Å²) in [5, 5.41) is 8.84. The van der Waals surface area contributed by atoms with Gasteiger partial charge in [0.2, 0.25) is 0 Å². The van der Waals surface area contributed by atoms with E-state index in [1.807, 2.05) is 0 Å². The van der Waals surface area contributed by atoms with E-state index >= 15 is 0 Å². The summed E-state index contributed by atoms with van der Waals surface area (Å²) < 4.78 is 18.0. The lowest BCUT2D eigenvalue weighted by molar-refractivity contribution is -0.137. The Kier molecular flexibility index (Phi) is 6.61. The topological polar surface area (TPSA) is 70.1 Å². The average molecular weight is 298 g/mol. The van der Waals surface area contributed by atoms with Crippen LogP contribution in [0.3, 0.4) is 0 Å². The Hall–Kier alpha value is -2.15. The largest absolute Gasteiger partial charge is 0.480 e. The number of carboxylic acids is 1. The number of benzene rings is 1. The maximum absolute atomic E-state index is 13.1. The number of carboxylic acid groups (broad SMARTS) is 1. The molecule has 2 amide bonds. The molecule has 6 nitrogen and oxygen atoms in total. The van der Waals surface area contributed by atoms with Gasteiger partial charge in [-0.2, -0.15) is 0 Å². The highest BCUT2D eigenvalue weighted by Crippen LogP contribution is 2.08. The number of halogens is 1. The number of hydrogen-bond donors (Lipinski definition) is 1. The zero-order valence-corrected chi connectivity index (χ0v) is 12.1. The SMILES string of the molecule is COCCN(CC(=O)O)C(=O)N(C)Cc1cccc(F)c1. The lowest BCUT2D eigenvalue weighted by Crippen LogP contribution is -2.44. The first-order chi connectivity index (χ1) is 9.93. The number of methoxy groups -OCH3 is 1. The quantitative estimate of drug-likeness (QED) is 0.826. The highest BCUT2D eigenvalue weighted by atomic mass is 19.1. The van der Waals surface area contributed by atoms with E-state index in [2.05, 4.69) is 0 Å². The minimum absolute atomic E-state index is 0.176. The Bertz CT molecular complexity index is 496. The molecule has 0 unspecified atom stereocenters. The average Bonchev–Trinajstić information content (AvgIpc) is 2.42. The minimum atomic E-state index is -1.10. The second-order valence-corrected chi connectivity index (χ2v) is 4.58. The van der Waals surface area contributed by atoms with Crippen LogP contribution in [0.25, 0.3) is 0 Å². The molecule has 0 spiro atoms. The van der Waals surface area contributed by atoms with Crippen LogP contribution in [0.2, 0.25) is 0 Å². The van der Waals surface area contributed by atoms with Crippen molar-refractivity contribution in [3.63, 3.8) is 0 Å². The number of carbonyl (C=O) groups excluding carboxylic acids is 1. The van der Waals surface area contributed by atoms with E-state index in [9.17, 15) is 14.0 Å². The van der Waals surface area contributed by atoms with Crippen LogP contribution in [-0.2, 0) is 16.1 Å². The van der Waals surface area contributed by atoms with E-state index in [1.54, 1.807) is 12.1 Å². The highest BCUT2D eigenvalue weighted by Gasteiger charge is 2.20. The predicted octanol–water partition coefficient (Wildman–Crippen LogP) is 1.41. The van der Waals surface area contributed by atoms with Crippen molar-refractivity contribution in [1.82, 2.24) is 9.80 Å². The van der Waals surface area contributed by atoms with Gasteiger partial charge in [0, 0.05) is 27.2 Å². The van der Waals surface area contributed by atoms with Gasteiger partial charge in [-0.3, -0.25) is 4.79 Å². The van der Waals surface area contributed by atoms with Crippen molar-refractivity contribution >= 4 is 12.0 Å². The van der Waals surface area contributed by atoms with Crippen LogP contribution < -0.4 is 0 Å². The summed E-state index contributed by atoms with van der Waals surface area (Å²) in [5.74, 6) is -1.48. The Morgan fingerprint density at radius 3 is 2.67 bits per heavy atom. The van der Waals surface area contributed by atoms with Crippen molar-refractivity contribution in [2.24, 2.45) is 0 Å². The van der Waals surface area contributed by atoms with Crippen molar-refractivity contribution in [3.05, 3.63) is 35.6 Å². The summed E-state index contributed by atoms with van der Waals surface area (Å²) in [5.41, 5.74) is 0.632. The first kappa shape index (κ1) is 16.9. The summed E-state index contributed by atoms with van der Waals surface area (Å²) >= 11 is 0. The van der Waals surface area contributed by atoms with Gasteiger partial charge in [-0.25, -0.2) is 9.18 Å². The molecular weight excluding hydrogens is 279 g/mol. The van der Waals surface area contributed by atoms with Crippen molar-refractivity contribution < 1.29 is 23.8 Å². The summed E-state index contributed by atoms with van der Waals surface area (Å²) in [7, 11) is 3.01. The second-order valence-electron chi connectivity index (χ2n) is 4.58. The van der Waals surface area contributed by atoms with Gasteiger partial charge in [0.1, 0.15) is 12.4 Å². The van der Waals surface area contributed by atoms with E-state index in [4.69, 9.17) is 9.84 Å². The molecule has 0 atom stereocenters. The summed E-state index contributed by atoms with van der Waals surface area (Å²) in [6, 6.07) is 5.46. The normalized spacial score (nSPS) is 10.2. The minimum Gasteiger partial charge on any atom is -0.480 e. The van der Waals surface area contributed by atoms with Gasteiger partial charge >= 0.3 is 12.0 Å². The van der Waals surface area contributed by atoms with Crippen molar-refractivity contribution in [2.45, 2.75) is 6.54 Å². The molecular formula is C14H19FN2O4. The van der Waals surface area contributed by atoms with Gasteiger partial charge in [0.25, 0.3) is 0 Å². The molecule has 1 rings (SSSR count). The van der Waals surface area contributed by atoms with Crippen LogP contribution >= 0.6 is 0 Å². The molecule has 0 fully saturated rings. The van der Waals surface area contributed by atoms with Crippen LogP contribution in [0.4, 0.5) is 9.18 Å². The zero-order valence-electron chi connectivity index (χ0n) is 12.1. The maximum atomic E-state index is 13.1.